The Labute approximate surface area is 75.9 Å². The van der Waals surface area contributed by atoms with Gasteiger partial charge in [-0.2, -0.15) is 10.5 Å². The third-order valence-corrected chi connectivity index (χ3v) is 1.74. The van der Waals surface area contributed by atoms with Crippen LogP contribution in [0.15, 0.2) is 35.5 Å². The third kappa shape index (κ3) is 1.55. The Morgan fingerprint density at radius 3 is 2.62 bits per heavy atom. The molecule has 62 valence electrons. The topological polar surface area (TPSA) is 64.7 Å². The Hall–Kier alpha value is -2.13. The minimum Gasteiger partial charge on any atom is -0.294 e. The van der Waals surface area contributed by atoms with Crippen LogP contribution >= 0.6 is 0 Å². The fourth-order valence-corrected chi connectivity index (χ4v) is 1.04. The first-order valence-electron chi connectivity index (χ1n) is 3.64. The lowest BCUT2D eigenvalue weighted by Crippen LogP contribution is -2.07. The lowest BCUT2D eigenvalue weighted by atomic mass is 9.92. The van der Waals surface area contributed by atoms with Gasteiger partial charge in [-0.1, -0.05) is 18.7 Å². The zero-order chi connectivity index (χ0) is 9.84. The van der Waals surface area contributed by atoms with E-state index in [1.807, 2.05) is 0 Å². The molecule has 0 amide bonds. The number of carbonyl (C=O) groups is 1. The molecule has 0 N–H and O–H groups in total. The van der Waals surface area contributed by atoms with Crippen molar-refractivity contribution in [3.63, 3.8) is 0 Å². The number of allylic oxidation sites excluding steroid dienone is 5. The van der Waals surface area contributed by atoms with Crippen LogP contribution in [0.2, 0.25) is 0 Å². The second kappa shape index (κ2) is 3.51. The number of rotatable bonds is 0. The van der Waals surface area contributed by atoms with Crippen molar-refractivity contribution in [2.45, 2.75) is 6.42 Å². The molecule has 0 unspecified atom stereocenters. The van der Waals surface area contributed by atoms with E-state index in [0.29, 0.717) is 12.0 Å². The third-order valence-electron chi connectivity index (χ3n) is 1.74. The zero-order valence-corrected chi connectivity index (χ0v) is 6.87. The Morgan fingerprint density at radius 1 is 1.46 bits per heavy atom. The summed E-state index contributed by atoms with van der Waals surface area (Å²) in [6.07, 6.45) is 3.51. The maximum absolute atomic E-state index is 11.1. The van der Waals surface area contributed by atoms with Gasteiger partial charge < -0.3 is 0 Å². The fourth-order valence-electron chi connectivity index (χ4n) is 1.04. The molecule has 0 aliphatic heterocycles. The van der Waals surface area contributed by atoms with E-state index in [1.54, 1.807) is 24.3 Å². The summed E-state index contributed by atoms with van der Waals surface area (Å²) in [5, 5.41) is 17.1. The molecule has 0 radical (unpaired) electrons. The number of ketones is 1. The molecule has 0 aromatic rings. The van der Waals surface area contributed by atoms with Gasteiger partial charge >= 0.3 is 0 Å². The SMILES string of the molecule is C=C1C(=O)CC=CC1=C(C#N)C#N. The van der Waals surface area contributed by atoms with Crippen molar-refractivity contribution in [3.8, 4) is 12.1 Å². The summed E-state index contributed by atoms with van der Waals surface area (Å²) in [6, 6.07) is 3.45. The average molecular weight is 170 g/mol. The van der Waals surface area contributed by atoms with E-state index in [4.69, 9.17) is 10.5 Å². The minimum absolute atomic E-state index is 0.0608. The van der Waals surface area contributed by atoms with Crippen LogP contribution in [0.25, 0.3) is 0 Å². The molecule has 1 aliphatic carbocycles. The van der Waals surface area contributed by atoms with Gasteiger partial charge in [0.1, 0.15) is 17.7 Å². The van der Waals surface area contributed by atoms with Crippen LogP contribution < -0.4 is 0 Å². The highest BCUT2D eigenvalue weighted by molar-refractivity contribution is 6.02. The number of hydrogen-bond acceptors (Lipinski definition) is 3. The largest absolute Gasteiger partial charge is 0.294 e. The van der Waals surface area contributed by atoms with Crippen LogP contribution in [0.5, 0.6) is 0 Å². The molecule has 0 fully saturated rings. The zero-order valence-electron chi connectivity index (χ0n) is 6.87. The summed E-state index contributed by atoms with van der Waals surface area (Å²) in [5.74, 6) is -0.138. The van der Waals surface area contributed by atoms with E-state index in [0.717, 1.165) is 0 Å². The molecule has 0 bridgehead atoms. The Kier molecular flexibility index (Phi) is 2.42. The van der Waals surface area contributed by atoms with Gasteiger partial charge in [-0.25, -0.2) is 0 Å². The first kappa shape index (κ1) is 8.96. The lowest BCUT2D eigenvalue weighted by molar-refractivity contribution is -0.114. The minimum atomic E-state index is -0.138. The van der Waals surface area contributed by atoms with Crippen molar-refractivity contribution in [2.24, 2.45) is 0 Å². The number of carbonyl (C=O) groups excluding carboxylic acids is 1. The summed E-state index contributed by atoms with van der Waals surface area (Å²) in [7, 11) is 0. The number of hydrogen-bond donors (Lipinski definition) is 0. The Bertz CT molecular complexity index is 397. The van der Waals surface area contributed by atoms with Gasteiger partial charge in [0.15, 0.2) is 5.78 Å². The maximum Gasteiger partial charge on any atom is 0.166 e. The maximum atomic E-state index is 11.1. The normalized spacial score (nSPS) is 15.1. The molecular formula is C10H6N2O. The monoisotopic (exact) mass is 170 g/mol. The predicted octanol–water partition coefficient (Wildman–Crippen LogP) is 1.42. The summed E-state index contributed by atoms with van der Waals surface area (Å²) in [4.78, 5) is 11.1. The van der Waals surface area contributed by atoms with Crippen molar-refractivity contribution in [1.29, 1.82) is 10.5 Å². The van der Waals surface area contributed by atoms with Gasteiger partial charge in [-0.3, -0.25) is 4.79 Å². The van der Waals surface area contributed by atoms with Gasteiger partial charge in [0, 0.05) is 17.6 Å². The molecule has 0 saturated carbocycles. The number of nitrogens with zero attached hydrogens (tertiary/aromatic N) is 2. The molecule has 0 aromatic carbocycles. The highest BCUT2D eigenvalue weighted by Gasteiger charge is 2.16. The van der Waals surface area contributed by atoms with Crippen LogP contribution in [0.3, 0.4) is 0 Å². The quantitative estimate of drug-likeness (QED) is 0.408. The highest BCUT2D eigenvalue weighted by Crippen LogP contribution is 2.21. The lowest BCUT2D eigenvalue weighted by Gasteiger charge is -2.08. The molecule has 0 atom stereocenters. The second-order valence-electron chi connectivity index (χ2n) is 2.52. The first-order valence-corrected chi connectivity index (χ1v) is 3.64. The van der Waals surface area contributed by atoms with Gasteiger partial charge in [-0.15, -0.1) is 0 Å². The summed E-state index contributed by atoms with van der Waals surface area (Å²) < 4.78 is 0. The second-order valence-corrected chi connectivity index (χ2v) is 2.52. The fraction of sp³-hybridized carbons (Fsp3) is 0.100. The summed E-state index contributed by atoms with van der Waals surface area (Å²) in [6.45, 7) is 3.53. The van der Waals surface area contributed by atoms with Crippen molar-refractivity contribution in [2.75, 3.05) is 0 Å². The average Bonchev–Trinajstić information content (AvgIpc) is 2.14. The van der Waals surface area contributed by atoms with E-state index >= 15 is 0 Å². The van der Waals surface area contributed by atoms with E-state index < -0.39 is 0 Å². The Balaban J connectivity index is 3.29. The van der Waals surface area contributed by atoms with Gasteiger partial charge in [0.25, 0.3) is 0 Å². The van der Waals surface area contributed by atoms with E-state index in [2.05, 4.69) is 6.58 Å². The first-order chi connectivity index (χ1) is 6.20. The van der Waals surface area contributed by atoms with E-state index in [-0.39, 0.29) is 16.9 Å². The molecule has 0 spiro atoms. The molecule has 0 heterocycles. The molecule has 0 aromatic heterocycles. The van der Waals surface area contributed by atoms with Crippen molar-refractivity contribution >= 4 is 5.78 Å². The van der Waals surface area contributed by atoms with Crippen LogP contribution in [0, 0.1) is 22.7 Å². The predicted molar refractivity (Wildman–Crippen MR) is 46.2 cm³/mol. The number of Topliss-reactive ketones (excluding diaryl/α,β-unsaturated/α-hetero) is 1. The van der Waals surface area contributed by atoms with Crippen LogP contribution in [0.4, 0.5) is 0 Å². The molecule has 1 aliphatic rings. The van der Waals surface area contributed by atoms with Crippen LogP contribution in [-0.4, -0.2) is 5.78 Å². The molecule has 0 saturated heterocycles. The van der Waals surface area contributed by atoms with Crippen molar-refractivity contribution < 1.29 is 4.79 Å². The highest BCUT2D eigenvalue weighted by atomic mass is 16.1. The molecule has 13 heavy (non-hydrogen) atoms. The van der Waals surface area contributed by atoms with Crippen LogP contribution in [0.1, 0.15) is 6.42 Å². The standard InChI is InChI=1S/C10H6N2O/c1-7-9(8(5-11)6-12)3-2-4-10(7)13/h2-3H,1,4H2. The molecule has 3 heteroatoms. The number of nitriles is 2. The van der Waals surface area contributed by atoms with Crippen LogP contribution in [-0.2, 0) is 4.79 Å². The van der Waals surface area contributed by atoms with Crippen molar-refractivity contribution in [3.05, 3.63) is 35.5 Å². The molecular weight excluding hydrogens is 164 g/mol. The van der Waals surface area contributed by atoms with Crippen molar-refractivity contribution in [1.82, 2.24) is 0 Å². The molecule has 3 nitrogen and oxygen atoms in total. The smallest absolute Gasteiger partial charge is 0.166 e. The van der Waals surface area contributed by atoms with Gasteiger partial charge in [0.2, 0.25) is 0 Å². The van der Waals surface area contributed by atoms with Gasteiger partial charge in [0.05, 0.1) is 0 Å². The van der Waals surface area contributed by atoms with E-state index in [9.17, 15) is 4.79 Å². The van der Waals surface area contributed by atoms with E-state index in [1.165, 1.54) is 0 Å². The van der Waals surface area contributed by atoms with Gasteiger partial charge in [-0.05, 0) is 0 Å². The Morgan fingerprint density at radius 2 is 2.08 bits per heavy atom. The summed E-state index contributed by atoms with van der Waals surface area (Å²) in [5.41, 5.74) is 0.538. The molecule has 1 rings (SSSR count). The summed E-state index contributed by atoms with van der Waals surface area (Å²) >= 11 is 0.